The van der Waals surface area contributed by atoms with Crippen molar-refractivity contribution in [3.05, 3.63) is 54.2 Å². The lowest BCUT2D eigenvalue weighted by molar-refractivity contribution is 0.258. The lowest BCUT2D eigenvalue weighted by Crippen LogP contribution is -2.46. The maximum absolute atomic E-state index is 12.9. The fourth-order valence-electron chi connectivity index (χ4n) is 3.41. The molecule has 29 heavy (non-hydrogen) atoms. The maximum atomic E-state index is 12.9. The van der Waals surface area contributed by atoms with E-state index >= 15 is 0 Å². The first-order valence-electron chi connectivity index (χ1n) is 9.74. The monoisotopic (exact) mass is 434 g/mol. The molecule has 2 heterocycles. The zero-order chi connectivity index (χ0) is 21.0. The first-order valence-corrected chi connectivity index (χ1v) is 11.5. The molecule has 0 amide bonds. The Hall–Kier alpha value is -2.09. The summed E-state index contributed by atoms with van der Waals surface area (Å²) in [5.74, 6) is 0.847. The van der Waals surface area contributed by atoms with Crippen molar-refractivity contribution in [2.24, 2.45) is 0 Å². The Kier molecular flexibility index (Phi) is 6.82. The van der Waals surface area contributed by atoms with Gasteiger partial charge in [0, 0.05) is 38.0 Å². The van der Waals surface area contributed by atoms with Crippen molar-refractivity contribution in [2.45, 2.75) is 25.2 Å². The van der Waals surface area contributed by atoms with Crippen LogP contribution in [0.4, 0.5) is 11.5 Å². The van der Waals surface area contributed by atoms with E-state index in [9.17, 15) is 8.42 Å². The van der Waals surface area contributed by atoms with Gasteiger partial charge in [0.2, 0.25) is 0 Å². The Balaban J connectivity index is 1.78. The smallest absolute Gasteiger partial charge is 0.278 e. The van der Waals surface area contributed by atoms with E-state index in [1.807, 2.05) is 13.0 Å². The Morgan fingerprint density at radius 2 is 1.86 bits per heavy atom. The molecule has 0 atom stereocenters. The molecule has 3 rings (SSSR count). The van der Waals surface area contributed by atoms with Crippen molar-refractivity contribution in [1.29, 1.82) is 0 Å². The molecule has 0 radical (unpaired) electrons. The highest BCUT2D eigenvalue weighted by Crippen LogP contribution is 2.30. The van der Waals surface area contributed by atoms with Gasteiger partial charge in [0.05, 0.1) is 16.8 Å². The third kappa shape index (κ3) is 4.74. The summed E-state index contributed by atoms with van der Waals surface area (Å²) in [4.78, 5) is 9.29. The number of rotatable bonds is 7. The number of nitrogens with zero attached hydrogens (tertiary/aromatic N) is 4. The van der Waals surface area contributed by atoms with Crippen LogP contribution in [0.15, 0.2) is 48.0 Å². The molecule has 0 saturated carbocycles. The standard InChI is InChI=1S/C21H27ClN4O2S/c1-4-10-24-11-13-25(14-12-24)21-15-17(3)20(16-23-21)26(22)29(27,28)19-8-6-18(5-2)7-9-19/h5-9,15-16H,2,4,10-14H2,1,3H3. The summed E-state index contributed by atoms with van der Waals surface area (Å²) in [5.41, 5.74) is 1.95. The second-order valence-electron chi connectivity index (χ2n) is 7.15. The van der Waals surface area contributed by atoms with Gasteiger partial charge in [-0.2, -0.15) is 12.2 Å². The average molecular weight is 435 g/mol. The highest BCUT2D eigenvalue weighted by Gasteiger charge is 2.26. The summed E-state index contributed by atoms with van der Waals surface area (Å²) in [6.45, 7) is 12.7. The van der Waals surface area contributed by atoms with Gasteiger partial charge >= 0.3 is 0 Å². The number of benzene rings is 1. The largest absolute Gasteiger partial charge is 0.354 e. The normalized spacial score (nSPS) is 15.3. The number of aromatic nitrogens is 1. The van der Waals surface area contributed by atoms with Crippen LogP contribution in [0.5, 0.6) is 0 Å². The van der Waals surface area contributed by atoms with E-state index in [4.69, 9.17) is 11.8 Å². The van der Waals surface area contributed by atoms with Crippen LogP contribution in [0.25, 0.3) is 6.08 Å². The Bertz CT molecular complexity index is 955. The molecule has 1 fully saturated rings. The number of hydrogen-bond donors (Lipinski definition) is 0. The minimum atomic E-state index is -3.89. The lowest BCUT2D eigenvalue weighted by Gasteiger charge is -2.35. The quantitative estimate of drug-likeness (QED) is 0.618. The predicted molar refractivity (Wildman–Crippen MR) is 120 cm³/mol. The van der Waals surface area contributed by atoms with Crippen LogP contribution < -0.4 is 8.72 Å². The zero-order valence-electron chi connectivity index (χ0n) is 16.9. The predicted octanol–water partition coefficient (Wildman–Crippen LogP) is 3.91. The van der Waals surface area contributed by atoms with Gasteiger partial charge in [-0.15, -0.1) is 0 Å². The lowest BCUT2D eigenvalue weighted by atomic mass is 10.2. The molecule has 156 valence electrons. The van der Waals surface area contributed by atoms with Crippen LogP contribution in [0.2, 0.25) is 0 Å². The molecule has 1 aliphatic rings. The van der Waals surface area contributed by atoms with Gasteiger partial charge in [0.25, 0.3) is 10.0 Å². The van der Waals surface area contributed by atoms with E-state index in [1.54, 1.807) is 18.2 Å². The molecule has 0 spiro atoms. The van der Waals surface area contributed by atoms with E-state index in [0.717, 1.165) is 59.9 Å². The van der Waals surface area contributed by atoms with Gasteiger partial charge in [0.1, 0.15) is 5.82 Å². The van der Waals surface area contributed by atoms with E-state index in [0.29, 0.717) is 5.69 Å². The minimum Gasteiger partial charge on any atom is -0.354 e. The Morgan fingerprint density at radius 1 is 1.21 bits per heavy atom. The molecule has 0 unspecified atom stereocenters. The van der Waals surface area contributed by atoms with E-state index < -0.39 is 10.0 Å². The molecule has 8 heteroatoms. The number of anilines is 2. The minimum absolute atomic E-state index is 0.119. The van der Waals surface area contributed by atoms with Crippen LogP contribution in [0.1, 0.15) is 24.5 Å². The van der Waals surface area contributed by atoms with Gasteiger partial charge < -0.3 is 4.90 Å². The number of hydrogen-bond acceptors (Lipinski definition) is 5. The number of pyridine rings is 1. The molecule has 1 saturated heterocycles. The van der Waals surface area contributed by atoms with Crippen LogP contribution in [0.3, 0.4) is 0 Å². The van der Waals surface area contributed by atoms with Gasteiger partial charge in [0.15, 0.2) is 0 Å². The summed E-state index contributed by atoms with van der Waals surface area (Å²) in [6.07, 6.45) is 4.35. The van der Waals surface area contributed by atoms with Gasteiger partial charge in [-0.05, 0) is 49.2 Å². The summed E-state index contributed by atoms with van der Waals surface area (Å²) in [6, 6.07) is 8.33. The number of piperazine rings is 1. The third-order valence-corrected chi connectivity index (χ3v) is 7.33. The summed E-state index contributed by atoms with van der Waals surface area (Å²) in [5, 5.41) is 0. The Morgan fingerprint density at radius 3 is 2.41 bits per heavy atom. The van der Waals surface area contributed by atoms with Gasteiger partial charge in [-0.3, -0.25) is 4.90 Å². The van der Waals surface area contributed by atoms with Crippen molar-refractivity contribution in [2.75, 3.05) is 41.4 Å². The fourth-order valence-corrected chi connectivity index (χ4v) is 4.94. The van der Waals surface area contributed by atoms with Crippen molar-refractivity contribution >= 4 is 39.4 Å². The molecule has 0 aliphatic carbocycles. The highest BCUT2D eigenvalue weighted by molar-refractivity contribution is 7.94. The number of aryl methyl sites for hydroxylation is 1. The average Bonchev–Trinajstić information content (AvgIpc) is 2.74. The molecule has 0 bridgehead atoms. The number of sulfonamides is 1. The number of halogens is 1. The molecule has 1 aromatic carbocycles. The summed E-state index contributed by atoms with van der Waals surface area (Å²) < 4.78 is 26.6. The van der Waals surface area contributed by atoms with Crippen molar-refractivity contribution < 1.29 is 8.42 Å². The van der Waals surface area contributed by atoms with Crippen molar-refractivity contribution in [3.8, 4) is 0 Å². The van der Waals surface area contributed by atoms with Gasteiger partial charge in [-0.25, -0.2) is 4.98 Å². The topological polar surface area (TPSA) is 56.8 Å². The van der Waals surface area contributed by atoms with Crippen LogP contribution in [0, 0.1) is 6.92 Å². The first kappa shape index (κ1) is 21.6. The van der Waals surface area contributed by atoms with Crippen LogP contribution >= 0.6 is 11.8 Å². The fraction of sp³-hybridized carbons (Fsp3) is 0.381. The highest BCUT2D eigenvalue weighted by atomic mass is 35.5. The second kappa shape index (κ2) is 9.15. The summed E-state index contributed by atoms with van der Waals surface area (Å²) in [7, 11) is -3.89. The SMILES string of the molecule is C=Cc1ccc(S(=O)(=O)N(Cl)c2cnc(N3CCN(CCC)CC3)cc2C)cc1. The van der Waals surface area contributed by atoms with Crippen molar-refractivity contribution in [1.82, 2.24) is 9.88 Å². The van der Waals surface area contributed by atoms with Crippen molar-refractivity contribution in [3.63, 3.8) is 0 Å². The van der Waals surface area contributed by atoms with Crippen LogP contribution in [-0.4, -0.2) is 51.0 Å². The third-order valence-electron chi connectivity index (χ3n) is 5.12. The van der Waals surface area contributed by atoms with Gasteiger partial charge in [-0.1, -0.05) is 31.7 Å². The van der Waals surface area contributed by atoms with Crippen LogP contribution in [-0.2, 0) is 10.0 Å². The zero-order valence-corrected chi connectivity index (χ0v) is 18.5. The molecule has 1 aliphatic heterocycles. The second-order valence-corrected chi connectivity index (χ2v) is 9.48. The summed E-state index contributed by atoms with van der Waals surface area (Å²) >= 11 is 6.27. The Labute approximate surface area is 178 Å². The van der Waals surface area contributed by atoms with E-state index in [2.05, 4.69) is 28.3 Å². The van der Waals surface area contributed by atoms with E-state index in [-0.39, 0.29) is 4.90 Å². The molecule has 2 aromatic rings. The first-order chi connectivity index (χ1) is 13.9. The molecule has 6 nitrogen and oxygen atoms in total. The van der Waals surface area contributed by atoms with E-state index in [1.165, 1.54) is 18.3 Å². The molecular weight excluding hydrogens is 408 g/mol. The molecular formula is C21H27ClN4O2S. The molecule has 0 N–H and O–H groups in total. The maximum Gasteiger partial charge on any atom is 0.278 e. The molecule has 1 aromatic heterocycles.